The highest BCUT2D eigenvalue weighted by molar-refractivity contribution is 5.76. The number of hydrogen-bond donors (Lipinski definition) is 1. The van der Waals surface area contributed by atoms with Gasteiger partial charge in [-0.05, 0) is 41.2 Å². The molecule has 0 unspecified atom stereocenters. The number of rotatable bonds is 1. The molecule has 1 atom stereocenters. The van der Waals surface area contributed by atoms with E-state index in [1.54, 1.807) is 0 Å². The predicted octanol–water partition coefficient (Wildman–Crippen LogP) is 3.31. The van der Waals surface area contributed by atoms with Crippen LogP contribution < -0.4 is 0 Å². The minimum Gasteiger partial charge on any atom is -0.389 e. The first-order chi connectivity index (χ1) is 7.75. The van der Waals surface area contributed by atoms with Crippen LogP contribution in [0.2, 0.25) is 0 Å². The molecule has 2 aromatic rings. The lowest BCUT2D eigenvalue weighted by Gasteiger charge is -2.07. The van der Waals surface area contributed by atoms with E-state index < -0.39 is 0 Å². The van der Waals surface area contributed by atoms with Gasteiger partial charge in [0.1, 0.15) is 0 Å². The Bertz CT molecular complexity index is 541. The third-order valence-corrected chi connectivity index (χ3v) is 3.30. The number of aliphatic hydroxyl groups is 1. The van der Waals surface area contributed by atoms with Gasteiger partial charge in [0.25, 0.3) is 0 Å². The van der Waals surface area contributed by atoms with E-state index in [9.17, 15) is 5.11 Å². The molecule has 0 saturated heterocycles. The fourth-order valence-corrected chi connectivity index (χ4v) is 2.42. The predicted molar refractivity (Wildman–Crippen MR) is 65.3 cm³/mol. The van der Waals surface area contributed by atoms with E-state index in [0.29, 0.717) is 0 Å². The first kappa shape index (κ1) is 9.61. The summed E-state index contributed by atoms with van der Waals surface area (Å²) < 4.78 is 0. The molecule has 0 fully saturated rings. The lowest BCUT2D eigenvalue weighted by Crippen LogP contribution is -1.92. The van der Waals surface area contributed by atoms with Crippen LogP contribution >= 0.6 is 0 Å². The smallest absolute Gasteiger partial charge is 0.0762 e. The van der Waals surface area contributed by atoms with Gasteiger partial charge in [0.05, 0.1) is 6.10 Å². The van der Waals surface area contributed by atoms with E-state index >= 15 is 0 Å². The second kappa shape index (κ2) is 3.46. The molecular weight excluding hydrogens is 196 g/mol. The Hall–Kier alpha value is -1.60. The summed E-state index contributed by atoms with van der Waals surface area (Å²) in [6.45, 7) is 1.81. The van der Waals surface area contributed by atoms with Gasteiger partial charge in [0, 0.05) is 0 Å². The van der Waals surface area contributed by atoms with Crippen LogP contribution in [0, 0.1) is 0 Å². The first-order valence-corrected chi connectivity index (χ1v) is 5.65. The minimum absolute atomic E-state index is 0.381. The van der Waals surface area contributed by atoms with Crippen molar-refractivity contribution < 1.29 is 5.11 Å². The molecular formula is C15H14O. The summed E-state index contributed by atoms with van der Waals surface area (Å²) in [6, 6.07) is 14.8. The maximum Gasteiger partial charge on any atom is 0.0762 e. The van der Waals surface area contributed by atoms with Gasteiger partial charge in [-0.15, -0.1) is 0 Å². The van der Waals surface area contributed by atoms with Gasteiger partial charge in [0.15, 0.2) is 0 Å². The molecule has 0 radical (unpaired) electrons. The standard InChI is InChI=1S/C15H14O/c1-10(16)11-6-7-15-13(8-11)9-12-4-2-3-5-14(12)15/h2-8,10,16H,9H2,1H3/t10-/m0/s1. The van der Waals surface area contributed by atoms with Gasteiger partial charge in [-0.25, -0.2) is 0 Å². The van der Waals surface area contributed by atoms with Crippen molar-refractivity contribution in [2.24, 2.45) is 0 Å². The summed E-state index contributed by atoms with van der Waals surface area (Å²) in [5, 5.41) is 9.57. The Kier molecular flexibility index (Phi) is 2.08. The average Bonchev–Trinajstić information content (AvgIpc) is 2.66. The average molecular weight is 210 g/mol. The maximum absolute atomic E-state index is 9.57. The second-order valence-electron chi connectivity index (χ2n) is 4.43. The van der Waals surface area contributed by atoms with Gasteiger partial charge in [-0.2, -0.15) is 0 Å². The second-order valence-corrected chi connectivity index (χ2v) is 4.43. The van der Waals surface area contributed by atoms with E-state index in [0.717, 1.165) is 12.0 Å². The van der Waals surface area contributed by atoms with Crippen LogP contribution in [0.3, 0.4) is 0 Å². The van der Waals surface area contributed by atoms with Crippen LogP contribution in [-0.4, -0.2) is 5.11 Å². The normalized spacial score (nSPS) is 14.4. The molecule has 1 nitrogen and oxygen atoms in total. The topological polar surface area (TPSA) is 20.2 Å². The molecule has 0 aliphatic heterocycles. The van der Waals surface area contributed by atoms with E-state index in [4.69, 9.17) is 0 Å². The van der Waals surface area contributed by atoms with Crippen LogP contribution in [0.25, 0.3) is 11.1 Å². The quantitative estimate of drug-likeness (QED) is 0.653. The molecule has 1 aliphatic carbocycles. The van der Waals surface area contributed by atoms with Gasteiger partial charge in [-0.3, -0.25) is 0 Å². The Morgan fingerprint density at radius 1 is 1.00 bits per heavy atom. The van der Waals surface area contributed by atoms with Crippen LogP contribution in [0.5, 0.6) is 0 Å². The zero-order valence-corrected chi connectivity index (χ0v) is 9.27. The fourth-order valence-electron chi connectivity index (χ4n) is 2.42. The van der Waals surface area contributed by atoms with Crippen molar-refractivity contribution >= 4 is 0 Å². The molecule has 0 aromatic heterocycles. The highest BCUT2D eigenvalue weighted by atomic mass is 16.3. The van der Waals surface area contributed by atoms with E-state index in [2.05, 4.69) is 36.4 Å². The number of benzene rings is 2. The van der Waals surface area contributed by atoms with Crippen LogP contribution in [0.1, 0.15) is 29.7 Å². The number of fused-ring (bicyclic) bond motifs is 3. The molecule has 80 valence electrons. The van der Waals surface area contributed by atoms with Crippen molar-refractivity contribution in [3.8, 4) is 11.1 Å². The molecule has 2 aromatic carbocycles. The Morgan fingerprint density at radius 3 is 2.56 bits per heavy atom. The van der Waals surface area contributed by atoms with E-state index in [1.165, 1.54) is 22.3 Å². The molecule has 1 heteroatoms. The maximum atomic E-state index is 9.57. The summed E-state index contributed by atoms with van der Waals surface area (Å²) in [6.07, 6.45) is 0.612. The first-order valence-electron chi connectivity index (χ1n) is 5.65. The van der Waals surface area contributed by atoms with Crippen LogP contribution in [-0.2, 0) is 6.42 Å². The van der Waals surface area contributed by atoms with Crippen molar-refractivity contribution in [2.75, 3.05) is 0 Å². The third kappa shape index (κ3) is 1.36. The summed E-state index contributed by atoms with van der Waals surface area (Å²) >= 11 is 0. The molecule has 0 heterocycles. The lowest BCUT2D eigenvalue weighted by molar-refractivity contribution is 0.199. The summed E-state index contributed by atoms with van der Waals surface area (Å²) in [5.41, 5.74) is 6.39. The highest BCUT2D eigenvalue weighted by Crippen LogP contribution is 2.37. The van der Waals surface area contributed by atoms with Gasteiger partial charge >= 0.3 is 0 Å². The molecule has 1 N–H and O–H groups in total. The molecule has 3 rings (SSSR count). The van der Waals surface area contributed by atoms with Gasteiger partial charge < -0.3 is 5.11 Å². The molecule has 0 bridgehead atoms. The van der Waals surface area contributed by atoms with Crippen molar-refractivity contribution in [1.82, 2.24) is 0 Å². The molecule has 0 spiro atoms. The van der Waals surface area contributed by atoms with Crippen LogP contribution in [0.4, 0.5) is 0 Å². The highest BCUT2D eigenvalue weighted by Gasteiger charge is 2.18. The third-order valence-electron chi connectivity index (χ3n) is 3.30. The van der Waals surface area contributed by atoms with Crippen molar-refractivity contribution in [2.45, 2.75) is 19.4 Å². The largest absolute Gasteiger partial charge is 0.389 e. The van der Waals surface area contributed by atoms with Gasteiger partial charge in [0.2, 0.25) is 0 Å². The van der Waals surface area contributed by atoms with Crippen molar-refractivity contribution in [3.05, 3.63) is 59.2 Å². The fraction of sp³-hybridized carbons (Fsp3) is 0.200. The SMILES string of the molecule is C[C@H](O)c1ccc2c(c1)Cc1ccccc1-2. The Balaban J connectivity index is 2.14. The van der Waals surface area contributed by atoms with Crippen molar-refractivity contribution in [3.63, 3.8) is 0 Å². The Labute approximate surface area is 95.4 Å². The molecule has 0 saturated carbocycles. The number of hydrogen-bond acceptors (Lipinski definition) is 1. The monoisotopic (exact) mass is 210 g/mol. The van der Waals surface area contributed by atoms with Gasteiger partial charge in [-0.1, -0.05) is 42.5 Å². The molecule has 0 amide bonds. The lowest BCUT2D eigenvalue weighted by atomic mass is 10.0. The summed E-state index contributed by atoms with van der Waals surface area (Å²) in [7, 11) is 0. The zero-order valence-electron chi connectivity index (χ0n) is 9.27. The molecule has 1 aliphatic rings. The van der Waals surface area contributed by atoms with Crippen LogP contribution in [0.15, 0.2) is 42.5 Å². The zero-order chi connectivity index (χ0) is 11.1. The Morgan fingerprint density at radius 2 is 1.75 bits per heavy atom. The van der Waals surface area contributed by atoms with E-state index in [1.807, 2.05) is 13.0 Å². The van der Waals surface area contributed by atoms with E-state index in [-0.39, 0.29) is 6.10 Å². The summed E-state index contributed by atoms with van der Waals surface area (Å²) in [5.74, 6) is 0. The molecule has 16 heavy (non-hydrogen) atoms. The van der Waals surface area contributed by atoms with Crippen molar-refractivity contribution in [1.29, 1.82) is 0 Å². The number of aliphatic hydroxyl groups excluding tert-OH is 1. The summed E-state index contributed by atoms with van der Waals surface area (Å²) in [4.78, 5) is 0. The minimum atomic E-state index is -0.381.